The quantitative estimate of drug-likeness (QED) is 0.228. The van der Waals surface area contributed by atoms with Crippen molar-refractivity contribution in [3.8, 4) is 0 Å². The van der Waals surface area contributed by atoms with Crippen LogP contribution in [-0.2, 0) is 28.7 Å². The third-order valence-corrected chi connectivity index (χ3v) is 0.754. The van der Waals surface area contributed by atoms with Gasteiger partial charge >= 0.3 is 11.9 Å². The molecule has 0 rings (SSSR count). The molecule has 0 fully saturated rings. The van der Waals surface area contributed by atoms with Gasteiger partial charge in [0.1, 0.15) is 13.2 Å². The molecule has 0 spiro atoms. The van der Waals surface area contributed by atoms with Gasteiger partial charge in [0.15, 0.2) is 13.6 Å². The van der Waals surface area contributed by atoms with Crippen LogP contribution in [0.2, 0.25) is 0 Å². The maximum absolute atomic E-state index is 9.65. The van der Waals surface area contributed by atoms with E-state index in [0.29, 0.717) is 0 Å². The monoisotopic (exact) mass is 278 g/mol. The van der Waals surface area contributed by atoms with E-state index in [0.717, 1.165) is 0 Å². The van der Waals surface area contributed by atoms with Gasteiger partial charge in [-0.05, 0) is 0 Å². The van der Waals surface area contributed by atoms with Crippen LogP contribution >= 0.6 is 12.4 Å². The van der Waals surface area contributed by atoms with Crippen LogP contribution in [0.1, 0.15) is 0 Å². The molecule has 0 radical (unpaired) electrons. The molecule has 0 aliphatic carbocycles. The zero-order valence-corrected chi connectivity index (χ0v) is 9.55. The van der Waals surface area contributed by atoms with Crippen molar-refractivity contribution in [2.24, 2.45) is 11.8 Å². The Morgan fingerprint density at radius 3 is 1.35 bits per heavy atom. The van der Waals surface area contributed by atoms with E-state index >= 15 is 0 Å². The van der Waals surface area contributed by atoms with Crippen LogP contribution in [0.15, 0.2) is 0 Å². The molecule has 0 amide bonds. The van der Waals surface area contributed by atoms with Crippen molar-refractivity contribution in [2.75, 3.05) is 26.8 Å². The van der Waals surface area contributed by atoms with Gasteiger partial charge < -0.3 is 19.7 Å². The Kier molecular flexibility index (Phi) is 21.8. The van der Waals surface area contributed by atoms with Crippen molar-refractivity contribution < 1.29 is 39.0 Å². The maximum atomic E-state index is 9.65. The molecule has 0 atom stereocenters. The topological polar surface area (TPSA) is 164 Å². The van der Waals surface area contributed by atoms with E-state index in [1.54, 1.807) is 0 Å². The lowest BCUT2D eigenvalue weighted by molar-refractivity contribution is -0.148. The highest BCUT2D eigenvalue weighted by molar-refractivity contribution is 5.85. The minimum absolute atomic E-state index is 0. The van der Waals surface area contributed by atoms with Gasteiger partial charge in [-0.25, -0.2) is 21.4 Å². The number of nitrogens with two attached hydrogens (primary N) is 2. The van der Waals surface area contributed by atoms with Gasteiger partial charge in [0.05, 0.1) is 0 Å². The number of carboxylic acid groups (broad SMARTS) is 2. The van der Waals surface area contributed by atoms with Gasteiger partial charge in [-0.1, -0.05) is 0 Å². The first kappa shape index (κ1) is 21.3. The predicted octanol–water partition coefficient (Wildman–Crippen LogP) is -1.71. The third kappa shape index (κ3) is 31.3. The molecule has 0 aromatic carbocycles. The standard InChI is InChI=1S/2C3H7NO4.ClH/c2*4-8-2-7-1-3(5)6;/h2*1-2,4H2,(H,5,6);1H. The molecular weight excluding hydrogens is 264 g/mol. The van der Waals surface area contributed by atoms with Crippen LogP contribution in [0.4, 0.5) is 0 Å². The van der Waals surface area contributed by atoms with E-state index in [9.17, 15) is 9.59 Å². The maximum Gasteiger partial charge on any atom is 0.329 e. The number of ether oxygens (including phenoxy) is 2. The largest absolute Gasteiger partial charge is 0.480 e. The Morgan fingerprint density at radius 1 is 0.882 bits per heavy atom. The lowest BCUT2D eigenvalue weighted by Crippen LogP contribution is -2.11. The Bertz CT molecular complexity index is 173. The van der Waals surface area contributed by atoms with Crippen molar-refractivity contribution in [3.63, 3.8) is 0 Å². The van der Waals surface area contributed by atoms with E-state index in [-0.39, 0.29) is 39.2 Å². The smallest absolute Gasteiger partial charge is 0.329 e. The SMILES string of the molecule is Cl.NOCOCC(=O)O.NOCOCC(=O)O. The van der Waals surface area contributed by atoms with E-state index in [1.165, 1.54) is 0 Å². The average molecular weight is 279 g/mol. The second-order valence-corrected chi connectivity index (χ2v) is 2.05. The molecule has 104 valence electrons. The second-order valence-electron chi connectivity index (χ2n) is 2.05. The first-order valence-corrected chi connectivity index (χ1v) is 3.77. The summed E-state index contributed by atoms with van der Waals surface area (Å²) in [5.41, 5.74) is 0. The summed E-state index contributed by atoms with van der Waals surface area (Å²) in [5.74, 6) is 6.91. The molecule has 0 bridgehead atoms. The van der Waals surface area contributed by atoms with E-state index < -0.39 is 11.9 Å². The number of carboxylic acids is 2. The summed E-state index contributed by atoms with van der Waals surface area (Å²) in [5, 5.41) is 15.8. The molecule has 0 heterocycles. The number of hydrogen-bond acceptors (Lipinski definition) is 8. The fourth-order valence-electron chi connectivity index (χ4n) is 0.354. The number of hydrogen-bond donors (Lipinski definition) is 4. The van der Waals surface area contributed by atoms with Gasteiger partial charge in [0.25, 0.3) is 0 Å². The van der Waals surface area contributed by atoms with Crippen molar-refractivity contribution in [1.82, 2.24) is 0 Å². The van der Waals surface area contributed by atoms with E-state index in [2.05, 4.69) is 30.9 Å². The van der Waals surface area contributed by atoms with Gasteiger partial charge in [-0.2, -0.15) is 0 Å². The molecule has 0 aliphatic heterocycles. The number of halogens is 1. The molecule has 6 N–H and O–H groups in total. The molecule has 0 unspecified atom stereocenters. The van der Waals surface area contributed by atoms with Crippen LogP contribution in [-0.4, -0.2) is 49.0 Å². The van der Waals surface area contributed by atoms with Gasteiger partial charge in [0, 0.05) is 0 Å². The van der Waals surface area contributed by atoms with E-state index in [1.807, 2.05) is 0 Å². The highest BCUT2D eigenvalue weighted by atomic mass is 35.5. The number of aliphatic carboxylic acids is 2. The predicted molar refractivity (Wildman–Crippen MR) is 54.7 cm³/mol. The lowest BCUT2D eigenvalue weighted by Gasteiger charge is -1.94. The molecule has 17 heavy (non-hydrogen) atoms. The normalized spacial score (nSPS) is 8.59. The van der Waals surface area contributed by atoms with Crippen LogP contribution in [0.25, 0.3) is 0 Å². The Labute approximate surface area is 103 Å². The summed E-state index contributed by atoms with van der Waals surface area (Å²) in [4.78, 5) is 27.1. The van der Waals surface area contributed by atoms with Crippen molar-refractivity contribution in [2.45, 2.75) is 0 Å². The fraction of sp³-hybridized carbons (Fsp3) is 0.667. The third-order valence-electron chi connectivity index (χ3n) is 0.754. The molecule has 0 aromatic rings. The van der Waals surface area contributed by atoms with Crippen molar-refractivity contribution in [1.29, 1.82) is 0 Å². The molecule has 0 saturated carbocycles. The summed E-state index contributed by atoms with van der Waals surface area (Å²) in [6, 6.07) is 0. The van der Waals surface area contributed by atoms with Crippen LogP contribution in [0, 0.1) is 0 Å². The first-order chi connectivity index (χ1) is 7.54. The Balaban J connectivity index is -0.000000218. The van der Waals surface area contributed by atoms with Gasteiger partial charge in [0.2, 0.25) is 0 Å². The molecule has 11 heteroatoms. The summed E-state index contributed by atoms with van der Waals surface area (Å²) in [6.07, 6.45) is 0. The van der Waals surface area contributed by atoms with Gasteiger partial charge in [-0.15, -0.1) is 12.4 Å². The minimum atomic E-state index is -1.04. The summed E-state index contributed by atoms with van der Waals surface area (Å²) < 4.78 is 8.59. The summed E-state index contributed by atoms with van der Waals surface area (Å²) in [7, 11) is 0. The van der Waals surface area contributed by atoms with Crippen molar-refractivity contribution in [3.05, 3.63) is 0 Å². The molecular formula is C6H15ClN2O8. The second kappa shape index (κ2) is 17.4. The molecule has 10 nitrogen and oxygen atoms in total. The lowest BCUT2D eigenvalue weighted by atomic mass is 10.8. The number of carbonyl (C=O) groups is 2. The average Bonchev–Trinajstić information content (AvgIpc) is 2.18. The minimum Gasteiger partial charge on any atom is -0.480 e. The summed E-state index contributed by atoms with van der Waals surface area (Å²) in [6.45, 7) is -1.13. The van der Waals surface area contributed by atoms with Crippen LogP contribution in [0.3, 0.4) is 0 Å². The molecule has 0 saturated heterocycles. The zero-order valence-electron chi connectivity index (χ0n) is 8.74. The Morgan fingerprint density at radius 2 is 1.18 bits per heavy atom. The van der Waals surface area contributed by atoms with Crippen LogP contribution in [0.5, 0.6) is 0 Å². The zero-order chi connectivity index (χ0) is 12.8. The molecule has 0 aliphatic rings. The fourth-order valence-corrected chi connectivity index (χ4v) is 0.354. The highest BCUT2D eigenvalue weighted by Crippen LogP contribution is 1.71. The van der Waals surface area contributed by atoms with E-state index in [4.69, 9.17) is 10.2 Å². The van der Waals surface area contributed by atoms with Crippen molar-refractivity contribution >= 4 is 24.3 Å². The van der Waals surface area contributed by atoms with Gasteiger partial charge in [-0.3, -0.25) is 9.68 Å². The number of rotatable bonds is 8. The highest BCUT2D eigenvalue weighted by Gasteiger charge is 1.93. The van der Waals surface area contributed by atoms with Crippen LogP contribution < -0.4 is 11.8 Å². The Hall–Kier alpha value is -1.01. The summed E-state index contributed by atoms with van der Waals surface area (Å²) >= 11 is 0. The molecule has 0 aromatic heterocycles. The first-order valence-electron chi connectivity index (χ1n) is 3.77.